The summed E-state index contributed by atoms with van der Waals surface area (Å²) in [5, 5.41) is 19.9. The van der Waals surface area contributed by atoms with Gasteiger partial charge in [-0.3, -0.25) is 4.99 Å². The minimum atomic E-state index is -1.04. The van der Waals surface area contributed by atoms with Crippen LogP contribution in [0.3, 0.4) is 0 Å². The molecule has 0 fully saturated rings. The van der Waals surface area contributed by atoms with Gasteiger partial charge in [0.25, 0.3) is 0 Å². The van der Waals surface area contributed by atoms with Gasteiger partial charge in [-0.2, -0.15) is 0 Å². The van der Waals surface area contributed by atoms with Crippen LogP contribution in [0.4, 0.5) is 0 Å². The van der Waals surface area contributed by atoms with Crippen LogP contribution in [0.25, 0.3) is 0 Å². The zero-order valence-corrected chi connectivity index (χ0v) is 14.7. The van der Waals surface area contributed by atoms with Crippen LogP contribution in [0.15, 0.2) is 4.99 Å². The van der Waals surface area contributed by atoms with Gasteiger partial charge in [0.15, 0.2) is 0 Å². The van der Waals surface area contributed by atoms with Crippen LogP contribution in [0.5, 0.6) is 0 Å². The van der Waals surface area contributed by atoms with E-state index in [1.54, 1.807) is 0 Å². The zero-order chi connectivity index (χ0) is 13.8. The molecule has 106 valence electrons. The SMILES string of the molecule is CCCCCCCCCCC([O-])=N[C@@H](C)C(=O)O.[Na+]. The maximum Gasteiger partial charge on any atom is 1.00 e. The molecule has 0 heterocycles. The molecule has 0 saturated heterocycles. The van der Waals surface area contributed by atoms with E-state index < -0.39 is 12.0 Å². The van der Waals surface area contributed by atoms with Gasteiger partial charge in [-0.15, -0.1) is 0 Å². The Morgan fingerprint density at radius 1 is 1.11 bits per heavy atom. The Morgan fingerprint density at radius 2 is 1.58 bits per heavy atom. The molecule has 0 aliphatic carbocycles. The summed E-state index contributed by atoms with van der Waals surface area (Å²) < 4.78 is 0. The predicted octanol–water partition coefficient (Wildman–Crippen LogP) is -0.247. The van der Waals surface area contributed by atoms with E-state index in [0.29, 0.717) is 6.42 Å². The van der Waals surface area contributed by atoms with Gasteiger partial charge in [-0.1, -0.05) is 51.9 Å². The van der Waals surface area contributed by atoms with E-state index in [9.17, 15) is 9.90 Å². The molecular formula is C14H26NNaO3. The predicted molar refractivity (Wildman–Crippen MR) is 71.8 cm³/mol. The molecule has 0 unspecified atom stereocenters. The van der Waals surface area contributed by atoms with E-state index in [0.717, 1.165) is 19.3 Å². The molecule has 0 spiro atoms. The fourth-order valence-electron chi connectivity index (χ4n) is 1.75. The molecule has 0 aromatic heterocycles. The van der Waals surface area contributed by atoms with Gasteiger partial charge in [0.05, 0.1) is 0 Å². The van der Waals surface area contributed by atoms with Crippen LogP contribution >= 0.6 is 0 Å². The Bertz CT molecular complexity index is 257. The van der Waals surface area contributed by atoms with Gasteiger partial charge in [-0.25, -0.2) is 4.79 Å². The number of hydrogen-bond acceptors (Lipinski definition) is 3. The van der Waals surface area contributed by atoms with Gasteiger partial charge in [0.2, 0.25) is 0 Å². The second kappa shape index (κ2) is 14.4. The zero-order valence-electron chi connectivity index (χ0n) is 12.7. The minimum absolute atomic E-state index is 0. The van der Waals surface area contributed by atoms with Gasteiger partial charge in [-0.05, 0) is 25.7 Å². The van der Waals surface area contributed by atoms with E-state index in [-0.39, 0.29) is 35.5 Å². The number of aliphatic imine (C=N–C) groups is 1. The summed E-state index contributed by atoms with van der Waals surface area (Å²) in [6.07, 6.45) is 9.79. The van der Waals surface area contributed by atoms with E-state index in [4.69, 9.17) is 5.11 Å². The minimum Gasteiger partial charge on any atom is -0.862 e. The third-order valence-electron chi connectivity index (χ3n) is 2.94. The fraction of sp³-hybridized carbons (Fsp3) is 0.857. The summed E-state index contributed by atoms with van der Waals surface area (Å²) in [5.41, 5.74) is 0. The first-order valence-corrected chi connectivity index (χ1v) is 7.04. The molecule has 4 nitrogen and oxygen atoms in total. The van der Waals surface area contributed by atoms with Crippen molar-refractivity contribution in [1.82, 2.24) is 0 Å². The van der Waals surface area contributed by atoms with E-state index in [1.807, 2.05) is 0 Å². The monoisotopic (exact) mass is 279 g/mol. The fourth-order valence-corrected chi connectivity index (χ4v) is 1.75. The molecule has 0 amide bonds. The number of aliphatic carboxylic acids is 1. The molecule has 5 heteroatoms. The van der Waals surface area contributed by atoms with Crippen molar-refractivity contribution in [1.29, 1.82) is 0 Å². The molecule has 0 bridgehead atoms. The Labute approximate surface area is 139 Å². The average molecular weight is 279 g/mol. The van der Waals surface area contributed by atoms with Crippen molar-refractivity contribution < 1.29 is 44.6 Å². The number of hydrogen-bond donors (Lipinski definition) is 1. The van der Waals surface area contributed by atoms with Crippen molar-refractivity contribution in [2.75, 3.05) is 0 Å². The normalized spacial score (nSPS) is 12.8. The van der Waals surface area contributed by atoms with Crippen molar-refractivity contribution in [3.8, 4) is 0 Å². The van der Waals surface area contributed by atoms with Crippen molar-refractivity contribution in [3.63, 3.8) is 0 Å². The number of carboxylic acid groups (broad SMARTS) is 1. The Morgan fingerprint density at radius 3 is 2.05 bits per heavy atom. The molecule has 19 heavy (non-hydrogen) atoms. The molecular weight excluding hydrogens is 253 g/mol. The Kier molecular flexibility index (Phi) is 16.0. The van der Waals surface area contributed by atoms with Crippen LogP contribution in [-0.4, -0.2) is 23.0 Å². The molecule has 0 radical (unpaired) electrons. The Balaban J connectivity index is 0. The van der Waals surface area contributed by atoms with Crippen molar-refractivity contribution in [2.24, 2.45) is 4.99 Å². The van der Waals surface area contributed by atoms with Crippen LogP contribution < -0.4 is 34.7 Å². The summed E-state index contributed by atoms with van der Waals surface area (Å²) in [6.45, 7) is 3.63. The van der Waals surface area contributed by atoms with E-state index >= 15 is 0 Å². The molecule has 0 saturated carbocycles. The largest absolute Gasteiger partial charge is 1.00 e. The smallest absolute Gasteiger partial charge is 0.862 e. The van der Waals surface area contributed by atoms with Gasteiger partial charge in [0, 0.05) is 0 Å². The number of carboxylic acids is 1. The van der Waals surface area contributed by atoms with E-state index in [1.165, 1.54) is 39.0 Å². The molecule has 0 rings (SSSR count). The number of rotatable bonds is 11. The van der Waals surface area contributed by atoms with Crippen molar-refractivity contribution in [3.05, 3.63) is 0 Å². The second-order valence-corrected chi connectivity index (χ2v) is 4.76. The molecule has 1 atom stereocenters. The number of nitrogens with zero attached hydrogens (tertiary/aromatic N) is 1. The summed E-state index contributed by atoms with van der Waals surface area (Å²) in [7, 11) is 0. The summed E-state index contributed by atoms with van der Waals surface area (Å²) in [6, 6.07) is -0.911. The number of unbranched alkanes of at least 4 members (excludes halogenated alkanes) is 7. The first kappa shape index (κ1) is 21.2. The van der Waals surface area contributed by atoms with Gasteiger partial charge >= 0.3 is 35.5 Å². The first-order chi connectivity index (χ1) is 8.57. The third kappa shape index (κ3) is 14.2. The van der Waals surface area contributed by atoms with Crippen LogP contribution in [0.2, 0.25) is 0 Å². The molecule has 0 aromatic rings. The topological polar surface area (TPSA) is 72.7 Å². The molecule has 0 aliphatic rings. The van der Waals surface area contributed by atoms with Gasteiger partial charge < -0.3 is 10.2 Å². The van der Waals surface area contributed by atoms with Crippen LogP contribution in [0.1, 0.15) is 71.6 Å². The maximum absolute atomic E-state index is 11.3. The standard InChI is InChI=1S/C14H27NO3.Na/c1-3-4-5-6-7-8-9-10-11-13(16)15-12(2)14(17)18;/h12H,3-11H2,1-2H3,(H,15,16)(H,17,18);/q;+1/p-1/t12-;/m0./s1. The molecule has 0 aliphatic heterocycles. The molecule has 1 N–H and O–H groups in total. The maximum atomic E-state index is 11.3. The Hall–Kier alpha value is -0.0600. The third-order valence-corrected chi connectivity index (χ3v) is 2.94. The quantitative estimate of drug-likeness (QED) is 0.245. The van der Waals surface area contributed by atoms with Crippen molar-refractivity contribution >= 4 is 11.9 Å². The number of carbonyl (C=O) groups is 1. The summed E-state index contributed by atoms with van der Waals surface area (Å²) >= 11 is 0. The van der Waals surface area contributed by atoms with E-state index in [2.05, 4.69) is 11.9 Å². The molecule has 0 aromatic carbocycles. The van der Waals surface area contributed by atoms with Crippen molar-refractivity contribution in [2.45, 2.75) is 77.7 Å². The summed E-state index contributed by atoms with van der Waals surface area (Å²) in [4.78, 5) is 14.1. The van der Waals surface area contributed by atoms with Crippen LogP contribution in [0, 0.1) is 0 Å². The second-order valence-electron chi connectivity index (χ2n) is 4.76. The van der Waals surface area contributed by atoms with Crippen LogP contribution in [-0.2, 0) is 4.79 Å². The average Bonchev–Trinajstić information content (AvgIpc) is 2.32. The first-order valence-electron chi connectivity index (χ1n) is 7.04. The summed E-state index contributed by atoms with van der Waals surface area (Å²) in [5.74, 6) is -1.32. The van der Waals surface area contributed by atoms with Gasteiger partial charge in [0.1, 0.15) is 6.04 Å².